The molecule has 1 aromatic heterocycles. The van der Waals surface area contributed by atoms with E-state index in [9.17, 15) is 4.79 Å². The summed E-state index contributed by atoms with van der Waals surface area (Å²) in [5, 5.41) is 7.73. The van der Waals surface area contributed by atoms with Crippen molar-refractivity contribution < 1.29 is 9.53 Å². The van der Waals surface area contributed by atoms with Crippen molar-refractivity contribution >= 4 is 5.91 Å². The fourth-order valence-corrected chi connectivity index (χ4v) is 2.08. The first-order chi connectivity index (χ1) is 10.6. The zero-order valence-corrected chi connectivity index (χ0v) is 11.9. The highest BCUT2D eigenvalue weighted by molar-refractivity contribution is 5.91. The van der Waals surface area contributed by atoms with Gasteiger partial charge in [-0.2, -0.15) is 0 Å². The summed E-state index contributed by atoms with van der Waals surface area (Å²) in [6.07, 6.45) is 0. The Bertz CT molecular complexity index is 795. The molecule has 1 heterocycles. The number of carbonyl (C=O) groups excluding carboxylic acids is 1. The van der Waals surface area contributed by atoms with E-state index in [1.165, 1.54) is 0 Å². The lowest BCUT2D eigenvalue weighted by Crippen LogP contribution is -2.13. The fourth-order valence-electron chi connectivity index (χ4n) is 2.08. The quantitative estimate of drug-likeness (QED) is 0.801. The van der Waals surface area contributed by atoms with Gasteiger partial charge in [0.2, 0.25) is 0 Å². The normalized spacial score (nSPS) is 10.4. The SMILES string of the molecule is Cc1c(C(N)=O)nnn1-c1ccc(Oc2ccccc2)cc1. The van der Waals surface area contributed by atoms with Gasteiger partial charge in [-0.15, -0.1) is 5.10 Å². The van der Waals surface area contributed by atoms with Crippen molar-refractivity contribution in [3.8, 4) is 17.2 Å². The first-order valence-corrected chi connectivity index (χ1v) is 6.70. The number of carbonyl (C=O) groups is 1. The minimum absolute atomic E-state index is 0.171. The second-order valence-electron chi connectivity index (χ2n) is 4.71. The third-order valence-electron chi connectivity index (χ3n) is 3.19. The second-order valence-corrected chi connectivity index (χ2v) is 4.71. The monoisotopic (exact) mass is 294 g/mol. The van der Waals surface area contributed by atoms with Gasteiger partial charge in [0.1, 0.15) is 11.5 Å². The average molecular weight is 294 g/mol. The van der Waals surface area contributed by atoms with E-state index in [1.807, 2.05) is 54.6 Å². The molecule has 0 aliphatic carbocycles. The lowest BCUT2D eigenvalue weighted by atomic mass is 10.2. The van der Waals surface area contributed by atoms with Crippen molar-refractivity contribution in [3.63, 3.8) is 0 Å². The van der Waals surface area contributed by atoms with E-state index in [0.717, 1.165) is 11.4 Å². The molecule has 0 aliphatic rings. The fraction of sp³-hybridized carbons (Fsp3) is 0.0625. The molecule has 0 spiro atoms. The van der Waals surface area contributed by atoms with Crippen LogP contribution in [0.25, 0.3) is 5.69 Å². The Balaban J connectivity index is 1.84. The van der Waals surface area contributed by atoms with Gasteiger partial charge >= 0.3 is 0 Å². The van der Waals surface area contributed by atoms with Gasteiger partial charge in [0.05, 0.1) is 11.4 Å². The molecule has 0 bridgehead atoms. The van der Waals surface area contributed by atoms with E-state index in [0.29, 0.717) is 11.4 Å². The number of ether oxygens (including phenoxy) is 1. The van der Waals surface area contributed by atoms with Crippen molar-refractivity contribution in [2.24, 2.45) is 5.73 Å². The molecular formula is C16H14N4O2. The highest BCUT2D eigenvalue weighted by Gasteiger charge is 2.14. The summed E-state index contributed by atoms with van der Waals surface area (Å²) in [7, 11) is 0. The number of rotatable bonds is 4. The molecule has 0 saturated heterocycles. The van der Waals surface area contributed by atoms with E-state index in [2.05, 4.69) is 10.3 Å². The van der Waals surface area contributed by atoms with Gasteiger partial charge in [0.25, 0.3) is 5.91 Å². The Morgan fingerprint density at radius 2 is 1.68 bits per heavy atom. The number of amides is 1. The third-order valence-corrected chi connectivity index (χ3v) is 3.19. The predicted octanol–water partition coefficient (Wildman–Crippen LogP) is 2.47. The van der Waals surface area contributed by atoms with Crippen molar-refractivity contribution in [1.29, 1.82) is 0 Å². The first kappa shape index (κ1) is 13.8. The van der Waals surface area contributed by atoms with E-state index >= 15 is 0 Å². The van der Waals surface area contributed by atoms with E-state index in [4.69, 9.17) is 10.5 Å². The van der Waals surface area contributed by atoms with Gasteiger partial charge < -0.3 is 10.5 Å². The molecular weight excluding hydrogens is 280 g/mol. The maximum absolute atomic E-state index is 11.2. The van der Waals surface area contributed by atoms with Crippen LogP contribution in [0.1, 0.15) is 16.2 Å². The molecule has 2 aromatic carbocycles. The van der Waals surface area contributed by atoms with E-state index < -0.39 is 5.91 Å². The van der Waals surface area contributed by atoms with Crippen LogP contribution in [0.2, 0.25) is 0 Å². The highest BCUT2D eigenvalue weighted by Crippen LogP contribution is 2.22. The molecule has 6 nitrogen and oxygen atoms in total. The predicted molar refractivity (Wildman–Crippen MR) is 81.1 cm³/mol. The van der Waals surface area contributed by atoms with Crippen LogP contribution in [0.5, 0.6) is 11.5 Å². The molecule has 0 atom stereocenters. The van der Waals surface area contributed by atoms with Crippen LogP contribution in [0, 0.1) is 6.92 Å². The van der Waals surface area contributed by atoms with Crippen LogP contribution in [0.3, 0.4) is 0 Å². The minimum Gasteiger partial charge on any atom is -0.457 e. The Morgan fingerprint density at radius 3 is 2.27 bits per heavy atom. The molecule has 3 rings (SSSR count). The van der Waals surface area contributed by atoms with Crippen LogP contribution < -0.4 is 10.5 Å². The van der Waals surface area contributed by atoms with Crippen molar-refractivity contribution in [2.75, 3.05) is 0 Å². The van der Waals surface area contributed by atoms with Crippen LogP contribution in [0.4, 0.5) is 0 Å². The highest BCUT2D eigenvalue weighted by atomic mass is 16.5. The number of aromatic nitrogens is 3. The Kier molecular flexibility index (Phi) is 3.57. The van der Waals surface area contributed by atoms with E-state index in [1.54, 1.807) is 11.6 Å². The maximum atomic E-state index is 11.2. The number of hydrogen-bond donors (Lipinski definition) is 1. The summed E-state index contributed by atoms with van der Waals surface area (Å²) in [5.74, 6) is 0.888. The lowest BCUT2D eigenvalue weighted by Gasteiger charge is -2.07. The van der Waals surface area contributed by atoms with Crippen LogP contribution in [0.15, 0.2) is 54.6 Å². The Labute approximate surface area is 127 Å². The van der Waals surface area contributed by atoms with Crippen molar-refractivity contribution in [3.05, 3.63) is 66.0 Å². The molecule has 6 heteroatoms. The van der Waals surface area contributed by atoms with E-state index in [-0.39, 0.29) is 5.69 Å². The number of benzene rings is 2. The summed E-state index contributed by atoms with van der Waals surface area (Å²) in [4.78, 5) is 11.2. The standard InChI is InChI=1S/C16H14N4O2/c1-11-15(16(17)21)18-19-20(11)12-7-9-14(10-8-12)22-13-5-3-2-4-6-13/h2-10H,1H3,(H2,17,21). The Morgan fingerprint density at radius 1 is 1.05 bits per heavy atom. The molecule has 0 aliphatic heterocycles. The largest absolute Gasteiger partial charge is 0.457 e. The number of para-hydroxylation sites is 1. The number of nitrogens with zero attached hydrogens (tertiary/aromatic N) is 3. The maximum Gasteiger partial charge on any atom is 0.271 e. The second kappa shape index (κ2) is 5.69. The van der Waals surface area contributed by atoms with Crippen LogP contribution in [-0.4, -0.2) is 20.9 Å². The van der Waals surface area contributed by atoms with Crippen molar-refractivity contribution in [1.82, 2.24) is 15.0 Å². The average Bonchev–Trinajstić information content (AvgIpc) is 2.91. The first-order valence-electron chi connectivity index (χ1n) is 6.70. The molecule has 0 unspecified atom stereocenters. The summed E-state index contributed by atoms with van der Waals surface area (Å²) < 4.78 is 7.29. The Hall–Kier alpha value is -3.15. The van der Waals surface area contributed by atoms with Gasteiger partial charge in [-0.3, -0.25) is 4.79 Å². The number of hydrogen-bond acceptors (Lipinski definition) is 4. The summed E-state index contributed by atoms with van der Waals surface area (Å²) >= 11 is 0. The van der Waals surface area contributed by atoms with Gasteiger partial charge in [0, 0.05) is 0 Å². The topological polar surface area (TPSA) is 83.0 Å². The van der Waals surface area contributed by atoms with Gasteiger partial charge in [-0.25, -0.2) is 4.68 Å². The number of primary amides is 1. The molecule has 110 valence electrons. The van der Waals surface area contributed by atoms with Gasteiger partial charge in [0.15, 0.2) is 5.69 Å². The molecule has 22 heavy (non-hydrogen) atoms. The number of nitrogens with two attached hydrogens (primary N) is 1. The van der Waals surface area contributed by atoms with Gasteiger partial charge in [-0.1, -0.05) is 23.4 Å². The van der Waals surface area contributed by atoms with Crippen LogP contribution in [-0.2, 0) is 0 Å². The summed E-state index contributed by atoms with van der Waals surface area (Å²) in [6.45, 7) is 1.74. The molecule has 2 N–H and O–H groups in total. The molecule has 0 fully saturated rings. The molecule has 3 aromatic rings. The van der Waals surface area contributed by atoms with Gasteiger partial charge in [-0.05, 0) is 43.3 Å². The van der Waals surface area contributed by atoms with Crippen LogP contribution >= 0.6 is 0 Å². The smallest absolute Gasteiger partial charge is 0.271 e. The lowest BCUT2D eigenvalue weighted by molar-refractivity contribution is 0.0995. The molecule has 0 radical (unpaired) electrons. The zero-order chi connectivity index (χ0) is 15.5. The molecule has 0 saturated carbocycles. The minimum atomic E-state index is -0.590. The van der Waals surface area contributed by atoms with Crippen molar-refractivity contribution in [2.45, 2.75) is 6.92 Å². The molecule has 1 amide bonds. The third kappa shape index (κ3) is 2.67. The summed E-state index contributed by atoms with van der Waals surface area (Å²) in [5.41, 5.74) is 6.79. The zero-order valence-electron chi connectivity index (χ0n) is 11.9. The summed E-state index contributed by atoms with van der Waals surface area (Å²) in [6, 6.07) is 16.8.